The first kappa shape index (κ1) is 11.6. The molecule has 5 heteroatoms. The van der Waals surface area contributed by atoms with Crippen LogP contribution in [0.4, 0.5) is 5.95 Å². The molecule has 0 bridgehead atoms. The van der Waals surface area contributed by atoms with Gasteiger partial charge in [0.05, 0.1) is 0 Å². The van der Waals surface area contributed by atoms with E-state index in [4.69, 9.17) is 12.2 Å². The highest BCUT2D eigenvalue weighted by molar-refractivity contribution is 7.71. The molecule has 0 atom stereocenters. The summed E-state index contributed by atoms with van der Waals surface area (Å²) in [5.74, 6) is 1.90. The van der Waals surface area contributed by atoms with Gasteiger partial charge in [0, 0.05) is 20.1 Å². The van der Waals surface area contributed by atoms with Crippen molar-refractivity contribution >= 4 is 18.2 Å². The highest BCUT2D eigenvalue weighted by Gasteiger charge is 2.21. The molecule has 1 fully saturated rings. The summed E-state index contributed by atoms with van der Waals surface area (Å²) in [5.41, 5.74) is 0. The lowest BCUT2D eigenvalue weighted by Crippen LogP contribution is -2.35. The van der Waals surface area contributed by atoms with E-state index in [9.17, 15) is 0 Å². The Bertz CT molecular complexity index is 387. The van der Waals surface area contributed by atoms with E-state index in [0.29, 0.717) is 4.77 Å². The lowest BCUT2D eigenvalue weighted by Gasteiger charge is -2.32. The maximum atomic E-state index is 5.13. The zero-order valence-electron chi connectivity index (χ0n) is 10.1. The molecule has 2 heterocycles. The minimum atomic E-state index is 0.700. The Balaban J connectivity index is 1.99. The first-order chi connectivity index (χ1) is 7.72. The summed E-state index contributed by atoms with van der Waals surface area (Å²) in [4.78, 5) is 2.33. The molecule has 2 rings (SSSR count). The van der Waals surface area contributed by atoms with Gasteiger partial charge >= 0.3 is 0 Å². The van der Waals surface area contributed by atoms with E-state index < -0.39 is 0 Å². The van der Waals surface area contributed by atoms with E-state index in [-0.39, 0.29) is 0 Å². The van der Waals surface area contributed by atoms with Crippen molar-refractivity contribution in [2.24, 2.45) is 13.0 Å². The number of aromatic amines is 1. The molecule has 0 radical (unpaired) electrons. The third-order valence-corrected chi connectivity index (χ3v) is 3.82. The molecule has 1 saturated heterocycles. The summed E-state index contributed by atoms with van der Waals surface area (Å²) >= 11 is 5.13. The minimum Gasteiger partial charge on any atom is -0.341 e. The van der Waals surface area contributed by atoms with E-state index in [2.05, 4.69) is 22.0 Å². The smallest absolute Gasteiger partial charge is 0.225 e. The summed E-state index contributed by atoms with van der Waals surface area (Å²) in [6, 6.07) is 0. The van der Waals surface area contributed by atoms with E-state index in [1.165, 1.54) is 25.7 Å². The van der Waals surface area contributed by atoms with Gasteiger partial charge in [0.25, 0.3) is 0 Å². The summed E-state index contributed by atoms with van der Waals surface area (Å²) in [5, 5.41) is 7.13. The highest BCUT2D eigenvalue weighted by Crippen LogP contribution is 2.24. The molecule has 0 unspecified atom stereocenters. The van der Waals surface area contributed by atoms with Crippen LogP contribution in [0, 0.1) is 10.7 Å². The van der Waals surface area contributed by atoms with E-state index in [1.807, 2.05) is 11.6 Å². The summed E-state index contributed by atoms with van der Waals surface area (Å²) in [6.07, 6.45) is 5.24. The van der Waals surface area contributed by atoms with Gasteiger partial charge in [-0.2, -0.15) is 0 Å². The number of rotatable bonds is 3. The van der Waals surface area contributed by atoms with Gasteiger partial charge in [-0.3, -0.25) is 4.57 Å². The fourth-order valence-electron chi connectivity index (χ4n) is 2.45. The van der Waals surface area contributed by atoms with Gasteiger partial charge in [0.15, 0.2) is 4.77 Å². The first-order valence-electron chi connectivity index (χ1n) is 6.08. The Morgan fingerprint density at radius 1 is 1.44 bits per heavy atom. The summed E-state index contributed by atoms with van der Waals surface area (Å²) in [6.45, 7) is 4.49. The molecule has 16 heavy (non-hydrogen) atoms. The van der Waals surface area contributed by atoms with Gasteiger partial charge in [-0.25, -0.2) is 5.10 Å². The molecular weight excluding hydrogens is 220 g/mol. The number of piperidine rings is 1. The third kappa shape index (κ3) is 2.29. The van der Waals surface area contributed by atoms with Crippen LogP contribution in [0.25, 0.3) is 0 Å². The van der Waals surface area contributed by atoms with Crippen molar-refractivity contribution in [1.29, 1.82) is 0 Å². The summed E-state index contributed by atoms with van der Waals surface area (Å²) in [7, 11) is 1.97. The number of aromatic nitrogens is 3. The molecule has 1 N–H and O–H groups in total. The van der Waals surface area contributed by atoms with Crippen molar-refractivity contribution < 1.29 is 0 Å². The van der Waals surface area contributed by atoms with Crippen LogP contribution in [-0.4, -0.2) is 27.9 Å². The normalized spacial score (nSPS) is 18.0. The standard InChI is InChI=1S/C11H20N4S/c1-3-4-9-5-7-15(8-6-9)10-12-13-11(16)14(10)2/h9H,3-8H2,1-2H3,(H,13,16). The number of H-pyrrole nitrogens is 1. The van der Waals surface area contributed by atoms with Gasteiger partial charge in [-0.05, 0) is 31.0 Å². The van der Waals surface area contributed by atoms with Crippen molar-refractivity contribution in [3.8, 4) is 0 Å². The first-order valence-corrected chi connectivity index (χ1v) is 6.49. The fraction of sp³-hybridized carbons (Fsp3) is 0.818. The monoisotopic (exact) mass is 240 g/mol. The van der Waals surface area contributed by atoms with E-state index >= 15 is 0 Å². The molecule has 1 aromatic rings. The van der Waals surface area contributed by atoms with Crippen LogP contribution in [-0.2, 0) is 7.05 Å². The van der Waals surface area contributed by atoms with Crippen LogP contribution in [0.1, 0.15) is 32.6 Å². The topological polar surface area (TPSA) is 36.9 Å². The van der Waals surface area contributed by atoms with Crippen LogP contribution in [0.15, 0.2) is 0 Å². The van der Waals surface area contributed by atoms with Crippen molar-refractivity contribution in [3.63, 3.8) is 0 Å². The highest BCUT2D eigenvalue weighted by atomic mass is 32.1. The number of anilines is 1. The van der Waals surface area contributed by atoms with E-state index in [0.717, 1.165) is 25.0 Å². The lowest BCUT2D eigenvalue weighted by atomic mass is 9.93. The lowest BCUT2D eigenvalue weighted by molar-refractivity contribution is 0.374. The second kappa shape index (κ2) is 4.99. The Kier molecular flexibility index (Phi) is 3.63. The molecule has 4 nitrogen and oxygen atoms in total. The van der Waals surface area contributed by atoms with Crippen molar-refractivity contribution in [3.05, 3.63) is 4.77 Å². The van der Waals surface area contributed by atoms with Crippen LogP contribution in [0.3, 0.4) is 0 Å². The van der Waals surface area contributed by atoms with Crippen molar-refractivity contribution in [1.82, 2.24) is 14.8 Å². The minimum absolute atomic E-state index is 0.700. The molecule has 0 aliphatic carbocycles. The summed E-state index contributed by atoms with van der Waals surface area (Å²) < 4.78 is 2.65. The SMILES string of the molecule is CCCC1CCN(c2n[nH]c(=S)n2C)CC1. The van der Waals surface area contributed by atoms with Crippen LogP contribution < -0.4 is 4.90 Å². The molecule has 0 aromatic carbocycles. The van der Waals surface area contributed by atoms with Gasteiger partial charge in [-0.1, -0.05) is 19.8 Å². The third-order valence-electron chi connectivity index (χ3n) is 3.45. The Morgan fingerprint density at radius 3 is 2.62 bits per heavy atom. The molecule has 0 spiro atoms. The van der Waals surface area contributed by atoms with E-state index in [1.54, 1.807) is 0 Å². The molecule has 0 amide bonds. The van der Waals surface area contributed by atoms with Crippen molar-refractivity contribution in [2.75, 3.05) is 18.0 Å². The molecule has 90 valence electrons. The number of nitrogens with one attached hydrogen (secondary N) is 1. The van der Waals surface area contributed by atoms with Crippen molar-refractivity contribution in [2.45, 2.75) is 32.6 Å². The second-order valence-corrected chi connectivity index (χ2v) is 4.99. The molecule has 1 aromatic heterocycles. The van der Waals surface area contributed by atoms with Crippen LogP contribution in [0.5, 0.6) is 0 Å². The number of nitrogens with zero attached hydrogens (tertiary/aromatic N) is 3. The van der Waals surface area contributed by atoms with Gasteiger partial charge in [0.2, 0.25) is 5.95 Å². The Hall–Kier alpha value is -0.840. The fourth-order valence-corrected chi connectivity index (χ4v) is 2.58. The molecular formula is C11H20N4S. The maximum Gasteiger partial charge on any atom is 0.225 e. The second-order valence-electron chi connectivity index (χ2n) is 4.61. The average molecular weight is 240 g/mol. The molecule has 0 saturated carbocycles. The quantitative estimate of drug-likeness (QED) is 0.825. The predicted octanol–water partition coefficient (Wildman–Crippen LogP) is 2.49. The largest absolute Gasteiger partial charge is 0.341 e. The van der Waals surface area contributed by atoms with Crippen LogP contribution in [0.2, 0.25) is 0 Å². The Labute approximate surface area is 102 Å². The maximum absolute atomic E-state index is 5.13. The van der Waals surface area contributed by atoms with Gasteiger partial charge < -0.3 is 4.90 Å². The van der Waals surface area contributed by atoms with Crippen LogP contribution >= 0.6 is 12.2 Å². The number of hydrogen-bond donors (Lipinski definition) is 1. The Morgan fingerprint density at radius 2 is 2.12 bits per heavy atom. The van der Waals surface area contributed by atoms with Gasteiger partial charge in [0.1, 0.15) is 0 Å². The van der Waals surface area contributed by atoms with Gasteiger partial charge in [-0.15, -0.1) is 5.10 Å². The number of hydrogen-bond acceptors (Lipinski definition) is 3. The predicted molar refractivity (Wildman–Crippen MR) is 68.2 cm³/mol. The molecule has 1 aliphatic rings. The average Bonchev–Trinajstić information content (AvgIpc) is 2.62. The zero-order chi connectivity index (χ0) is 11.5. The zero-order valence-corrected chi connectivity index (χ0v) is 10.9. The molecule has 1 aliphatic heterocycles.